The SMILES string of the molecule is COc1cc(F)ccc1NC(=O)NC1CCCN(S(C)(=O)=O)C1. The summed E-state index contributed by atoms with van der Waals surface area (Å²) in [6.07, 6.45) is 2.52. The van der Waals surface area contributed by atoms with Crippen molar-refractivity contribution in [3.63, 3.8) is 0 Å². The average Bonchev–Trinajstić information content (AvgIpc) is 2.48. The van der Waals surface area contributed by atoms with Gasteiger partial charge in [-0.15, -0.1) is 0 Å². The fourth-order valence-electron chi connectivity index (χ4n) is 2.47. The molecular weight excluding hydrogens is 325 g/mol. The van der Waals surface area contributed by atoms with E-state index < -0.39 is 21.9 Å². The van der Waals surface area contributed by atoms with Crippen molar-refractivity contribution in [1.82, 2.24) is 9.62 Å². The monoisotopic (exact) mass is 345 g/mol. The van der Waals surface area contributed by atoms with Gasteiger partial charge >= 0.3 is 6.03 Å². The fourth-order valence-corrected chi connectivity index (χ4v) is 3.39. The number of hydrogen-bond donors (Lipinski definition) is 2. The van der Waals surface area contributed by atoms with Crippen LogP contribution < -0.4 is 15.4 Å². The van der Waals surface area contributed by atoms with Gasteiger partial charge in [0.1, 0.15) is 11.6 Å². The minimum absolute atomic E-state index is 0.210. The van der Waals surface area contributed by atoms with Crippen LogP contribution in [0.5, 0.6) is 5.75 Å². The van der Waals surface area contributed by atoms with Gasteiger partial charge in [0.2, 0.25) is 10.0 Å². The normalized spacial score (nSPS) is 19.2. The van der Waals surface area contributed by atoms with E-state index in [1.807, 2.05) is 0 Å². The summed E-state index contributed by atoms with van der Waals surface area (Å²) in [6.45, 7) is 0.706. The second kappa shape index (κ2) is 7.14. The summed E-state index contributed by atoms with van der Waals surface area (Å²) < 4.78 is 42.6. The van der Waals surface area contributed by atoms with Crippen LogP contribution in [0.3, 0.4) is 0 Å². The molecule has 0 aliphatic carbocycles. The third-order valence-electron chi connectivity index (χ3n) is 3.60. The maximum Gasteiger partial charge on any atom is 0.319 e. The van der Waals surface area contributed by atoms with E-state index in [2.05, 4.69) is 10.6 Å². The minimum atomic E-state index is -3.27. The first-order valence-electron chi connectivity index (χ1n) is 7.16. The van der Waals surface area contributed by atoms with Gasteiger partial charge in [-0.05, 0) is 25.0 Å². The first kappa shape index (κ1) is 17.5. The standard InChI is InChI=1S/C14H20FN3O4S/c1-22-13-8-10(15)5-6-12(13)17-14(19)16-11-4-3-7-18(9-11)23(2,20)21/h5-6,8,11H,3-4,7,9H2,1-2H3,(H2,16,17,19). The van der Waals surface area contributed by atoms with Gasteiger partial charge in [-0.1, -0.05) is 0 Å². The highest BCUT2D eigenvalue weighted by molar-refractivity contribution is 7.88. The molecule has 1 aliphatic rings. The van der Waals surface area contributed by atoms with Gasteiger partial charge in [0, 0.05) is 25.2 Å². The Morgan fingerprint density at radius 2 is 2.17 bits per heavy atom. The highest BCUT2D eigenvalue weighted by Crippen LogP contribution is 2.24. The van der Waals surface area contributed by atoms with Gasteiger partial charge in [-0.2, -0.15) is 0 Å². The molecule has 0 radical (unpaired) electrons. The quantitative estimate of drug-likeness (QED) is 0.863. The number of anilines is 1. The van der Waals surface area contributed by atoms with E-state index >= 15 is 0 Å². The highest BCUT2D eigenvalue weighted by atomic mass is 32.2. The number of nitrogens with zero attached hydrogens (tertiary/aromatic N) is 1. The maximum atomic E-state index is 13.1. The zero-order chi connectivity index (χ0) is 17.0. The van der Waals surface area contributed by atoms with Crippen LogP contribution in [0, 0.1) is 5.82 Å². The summed E-state index contributed by atoms with van der Waals surface area (Å²) in [5.41, 5.74) is 0.335. The minimum Gasteiger partial charge on any atom is -0.494 e. The van der Waals surface area contributed by atoms with Gasteiger partial charge in [-0.3, -0.25) is 0 Å². The second-order valence-corrected chi connectivity index (χ2v) is 7.39. The van der Waals surface area contributed by atoms with Crippen molar-refractivity contribution >= 4 is 21.7 Å². The predicted octanol–water partition coefficient (Wildman–Crippen LogP) is 1.38. The number of amides is 2. The van der Waals surface area contributed by atoms with Crippen molar-refractivity contribution in [3.8, 4) is 5.75 Å². The molecule has 1 unspecified atom stereocenters. The number of halogens is 1. The number of methoxy groups -OCH3 is 1. The van der Waals surface area contributed by atoms with Gasteiger partial charge < -0.3 is 15.4 Å². The van der Waals surface area contributed by atoms with Crippen LogP contribution in [-0.4, -0.2) is 51.3 Å². The van der Waals surface area contributed by atoms with Crippen LogP contribution in [0.1, 0.15) is 12.8 Å². The van der Waals surface area contributed by atoms with E-state index in [4.69, 9.17) is 4.74 Å². The van der Waals surface area contributed by atoms with Crippen LogP contribution in [0.15, 0.2) is 18.2 Å². The molecule has 1 aromatic carbocycles. The Hall–Kier alpha value is -1.87. The summed E-state index contributed by atoms with van der Waals surface area (Å²) in [7, 11) is -1.89. The Morgan fingerprint density at radius 1 is 1.43 bits per heavy atom. The third-order valence-corrected chi connectivity index (χ3v) is 4.87. The molecule has 2 amide bonds. The molecule has 1 aromatic rings. The Bertz CT molecular complexity index is 681. The summed E-state index contributed by atoms with van der Waals surface area (Å²) in [4.78, 5) is 12.1. The van der Waals surface area contributed by atoms with E-state index in [-0.39, 0.29) is 18.3 Å². The lowest BCUT2D eigenvalue weighted by Crippen LogP contribution is -2.50. The van der Waals surface area contributed by atoms with Crippen molar-refractivity contribution in [2.24, 2.45) is 0 Å². The molecule has 128 valence electrons. The van der Waals surface area contributed by atoms with E-state index in [0.29, 0.717) is 25.1 Å². The number of piperidine rings is 1. The molecular formula is C14H20FN3O4S. The van der Waals surface area contributed by atoms with Gasteiger partial charge in [0.15, 0.2) is 0 Å². The van der Waals surface area contributed by atoms with Crippen molar-refractivity contribution < 1.29 is 22.3 Å². The molecule has 1 fully saturated rings. The zero-order valence-corrected chi connectivity index (χ0v) is 13.8. The van der Waals surface area contributed by atoms with E-state index in [1.165, 1.54) is 29.6 Å². The number of sulfonamides is 1. The summed E-state index contributed by atoms with van der Waals surface area (Å²) in [5, 5.41) is 5.31. The van der Waals surface area contributed by atoms with Crippen molar-refractivity contribution in [1.29, 1.82) is 0 Å². The molecule has 0 bridgehead atoms. The molecule has 2 N–H and O–H groups in total. The first-order valence-corrected chi connectivity index (χ1v) is 9.00. The molecule has 1 atom stereocenters. The Morgan fingerprint density at radius 3 is 2.83 bits per heavy atom. The largest absolute Gasteiger partial charge is 0.494 e. The van der Waals surface area contributed by atoms with Gasteiger partial charge in [-0.25, -0.2) is 21.9 Å². The van der Waals surface area contributed by atoms with Gasteiger partial charge in [0.05, 0.1) is 19.1 Å². The van der Waals surface area contributed by atoms with Crippen LogP contribution in [0.4, 0.5) is 14.9 Å². The molecule has 1 saturated heterocycles. The number of carbonyl (C=O) groups excluding carboxylic acids is 1. The molecule has 0 saturated carbocycles. The first-order chi connectivity index (χ1) is 10.8. The molecule has 0 aromatic heterocycles. The molecule has 9 heteroatoms. The molecule has 1 heterocycles. The lowest BCUT2D eigenvalue weighted by Gasteiger charge is -2.31. The zero-order valence-electron chi connectivity index (χ0n) is 13.0. The third kappa shape index (κ3) is 4.80. The lowest BCUT2D eigenvalue weighted by atomic mass is 10.1. The number of nitrogens with one attached hydrogen (secondary N) is 2. The maximum absolute atomic E-state index is 13.1. The number of hydrogen-bond acceptors (Lipinski definition) is 4. The highest BCUT2D eigenvalue weighted by Gasteiger charge is 2.26. The molecule has 2 rings (SSSR count). The smallest absolute Gasteiger partial charge is 0.319 e. The predicted molar refractivity (Wildman–Crippen MR) is 84.5 cm³/mol. The van der Waals surface area contributed by atoms with E-state index in [9.17, 15) is 17.6 Å². The summed E-state index contributed by atoms with van der Waals surface area (Å²) in [5.74, 6) is -0.259. The van der Waals surface area contributed by atoms with Crippen LogP contribution >= 0.6 is 0 Å². The summed E-state index contributed by atoms with van der Waals surface area (Å²) >= 11 is 0. The number of benzene rings is 1. The lowest BCUT2D eigenvalue weighted by molar-refractivity contribution is 0.236. The number of rotatable bonds is 4. The van der Waals surface area contributed by atoms with E-state index in [1.54, 1.807) is 0 Å². The molecule has 1 aliphatic heterocycles. The fraction of sp³-hybridized carbons (Fsp3) is 0.500. The number of ether oxygens (including phenoxy) is 1. The van der Waals surface area contributed by atoms with Crippen LogP contribution in [0.25, 0.3) is 0 Å². The van der Waals surface area contributed by atoms with Crippen molar-refractivity contribution in [2.75, 3.05) is 31.8 Å². The number of urea groups is 1. The van der Waals surface area contributed by atoms with Gasteiger partial charge in [0.25, 0.3) is 0 Å². The van der Waals surface area contributed by atoms with Crippen molar-refractivity contribution in [2.45, 2.75) is 18.9 Å². The Kier molecular flexibility index (Phi) is 5.42. The average molecular weight is 345 g/mol. The van der Waals surface area contributed by atoms with Crippen molar-refractivity contribution in [3.05, 3.63) is 24.0 Å². The molecule has 23 heavy (non-hydrogen) atoms. The second-order valence-electron chi connectivity index (χ2n) is 5.40. The number of carbonyl (C=O) groups is 1. The Balaban J connectivity index is 1.97. The van der Waals surface area contributed by atoms with Crippen LogP contribution in [0.2, 0.25) is 0 Å². The van der Waals surface area contributed by atoms with Crippen LogP contribution in [-0.2, 0) is 10.0 Å². The van der Waals surface area contributed by atoms with E-state index in [0.717, 1.165) is 6.26 Å². The Labute approximate surface area is 134 Å². The molecule has 0 spiro atoms. The molecule has 7 nitrogen and oxygen atoms in total. The summed E-state index contributed by atoms with van der Waals surface area (Å²) in [6, 6.07) is 3.02. The topological polar surface area (TPSA) is 87.7 Å².